The lowest BCUT2D eigenvalue weighted by Crippen LogP contribution is -2.11. The minimum absolute atomic E-state index is 0.218. The fraction of sp³-hybridized carbons (Fsp3) is 0. The number of aromatic amines is 2. The molecule has 0 amide bonds. The van der Waals surface area contributed by atoms with Crippen molar-refractivity contribution in [3.8, 4) is 45.3 Å². The molecule has 218 valence electrons. The number of imidazole rings is 2. The molecular formula is C38H24N6O2. The van der Waals surface area contributed by atoms with Crippen LogP contribution in [0.1, 0.15) is 0 Å². The second-order valence-electron chi connectivity index (χ2n) is 11.2. The molecule has 0 spiro atoms. The van der Waals surface area contributed by atoms with Gasteiger partial charge in [0.1, 0.15) is 34.1 Å². The number of fused-ring (bicyclic) bond motifs is 6. The van der Waals surface area contributed by atoms with Crippen LogP contribution < -0.4 is 11.1 Å². The molecule has 0 saturated carbocycles. The van der Waals surface area contributed by atoms with E-state index in [4.69, 9.17) is 9.97 Å². The van der Waals surface area contributed by atoms with E-state index in [0.29, 0.717) is 45.1 Å². The Hall–Kier alpha value is -6.54. The molecule has 8 nitrogen and oxygen atoms in total. The first-order valence-corrected chi connectivity index (χ1v) is 14.9. The van der Waals surface area contributed by atoms with E-state index >= 15 is 0 Å². The minimum Gasteiger partial charge on any atom is -0.319 e. The first-order valence-electron chi connectivity index (χ1n) is 14.9. The molecule has 0 atom stereocenters. The monoisotopic (exact) mass is 596 g/mol. The van der Waals surface area contributed by atoms with Crippen molar-refractivity contribution in [2.75, 3.05) is 0 Å². The zero-order valence-corrected chi connectivity index (χ0v) is 24.3. The normalized spacial score (nSPS) is 11.7. The number of aromatic nitrogens is 6. The number of benzene rings is 5. The molecule has 0 aliphatic carbocycles. The van der Waals surface area contributed by atoms with E-state index in [9.17, 15) is 9.59 Å². The van der Waals surface area contributed by atoms with Gasteiger partial charge in [-0.3, -0.25) is 18.4 Å². The van der Waals surface area contributed by atoms with Gasteiger partial charge in [0.05, 0.1) is 22.1 Å². The van der Waals surface area contributed by atoms with E-state index in [2.05, 4.69) is 9.97 Å². The summed E-state index contributed by atoms with van der Waals surface area (Å²) in [5.41, 5.74) is 8.11. The lowest BCUT2D eigenvalue weighted by molar-refractivity contribution is 1.16. The Labute approximate surface area is 260 Å². The van der Waals surface area contributed by atoms with E-state index in [1.54, 1.807) is 0 Å². The molecule has 9 rings (SSSR count). The van der Waals surface area contributed by atoms with Gasteiger partial charge in [-0.05, 0) is 30.3 Å². The van der Waals surface area contributed by atoms with Gasteiger partial charge in [-0.25, -0.2) is 9.97 Å². The summed E-state index contributed by atoms with van der Waals surface area (Å²) >= 11 is 0. The molecule has 0 aliphatic rings. The number of para-hydroxylation sites is 4. The number of nitrogens with one attached hydrogen (secondary N) is 2. The van der Waals surface area contributed by atoms with Crippen molar-refractivity contribution >= 4 is 33.1 Å². The van der Waals surface area contributed by atoms with Crippen molar-refractivity contribution in [3.05, 3.63) is 154 Å². The van der Waals surface area contributed by atoms with Crippen LogP contribution in [0.15, 0.2) is 143 Å². The van der Waals surface area contributed by atoms with Crippen LogP contribution in [0.4, 0.5) is 0 Å². The average Bonchev–Trinajstić information content (AvgIpc) is 3.71. The highest BCUT2D eigenvalue weighted by Gasteiger charge is 2.22. The third-order valence-corrected chi connectivity index (χ3v) is 8.44. The summed E-state index contributed by atoms with van der Waals surface area (Å²) < 4.78 is 3.88. The lowest BCUT2D eigenvalue weighted by Gasteiger charge is -2.09. The maximum atomic E-state index is 13.6. The molecule has 4 aromatic heterocycles. The van der Waals surface area contributed by atoms with Crippen LogP contribution in [0.5, 0.6) is 0 Å². The summed E-state index contributed by atoms with van der Waals surface area (Å²) in [7, 11) is 0. The Morgan fingerprint density at radius 1 is 0.435 bits per heavy atom. The van der Waals surface area contributed by atoms with Gasteiger partial charge in [0.15, 0.2) is 0 Å². The zero-order chi connectivity index (χ0) is 30.8. The third kappa shape index (κ3) is 3.87. The number of rotatable bonds is 4. The van der Waals surface area contributed by atoms with Gasteiger partial charge in [0.25, 0.3) is 11.1 Å². The Balaban J connectivity index is 1.35. The van der Waals surface area contributed by atoms with Crippen LogP contribution in [0.2, 0.25) is 0 Å². The van der Waals surface area contributed by atoms with Gasteiger partial charge in [0, 0.05) is 22.3 Å². The Morgan fingerprint density at radius 2 is 0.826 bits per heavy atom. The molecule has 0 bridgehead atoms. The quantitative estimate of drug-likeness (QED) is 0.222. The first-order chi connectivity index (χ1) is 22.7. The maximum absolute atomic E-state index is 13.6. The second kappa shape index (κ2) is 10.0. The number of hydrogen-bond donors (Lipinski definition) is 2. The zero-order valence-electron chi connectivity index (χ0n) is 24.3. The first kappa shape index (κ1) is 25.9. The molecule has 0 radical (unpaired) electrons. The fourth-order valence-corrected chi connectivity index (χ4v) is 6.42. The standard InChI is InChI=1S/C38H24N6O2/c45-37-33-31(23-12-3-1-4-13-23)41-35(43(33)29-20-9-7-18-27(29)39-37)25-16-11-17-26(22-25)36-42-32(24-14-5-2-6-15-24)34-38(46)40-28-19-8-10-21-30(28)44(34)36/h1-22H,(H,39,45)(H,40,46). The molecule has 4 heterocycles. The second-order valence-corrected chi connectivity index (χ2v) is 11.2. The number of nitrogens with zero attached hydrogens (tertiary/aromatic N) is 4. The molecule has 0 unspecified atom stereocenters. The summed E-state index contributed by atoms with van der Waals surface area (Å²) in [5, 5.41) is 0. The third-order valence-electron chi connectivity index (χ3n) is 8.44. The highest BCUT2D eigenvalue weighted by Crippen LogP contribution is 2.35. The Bertz CT molecular complexity index is 2550. The van der Waals surface area contributed by atoms with E-state index in [1.165, 1.54) is 0 Å². The smallest absolute Gasteiger partial charge is 0.275 e. The van der Waals surface area contributed by atoms with Crippen LogP contribution in [-0.2, 0) is 0 Å². The molecule has 2 N–H and O–H groups in total. The summed E-state index contributed by atoms with van der Waals surface area (Å²) in [6.45, 7) is 0. The van der Waals surface area contributed by atoms with Gasteiger partial charge < -0.3 is 9.97 Å². The van der Waals surface area contributed by atoms with E-state index < -0.39 is 0 Å². The predicted octanol–water partition coefficient (Wildman–Crippen LogP) is 7.33. The maximum Gasteiger partial charge on any atom is 0.275 e. The SMILES string of the molecule is O=c1[nH]c2ccccc2n2c(-c3cccc(-c4nc(-c5ccccc5)c5c(=O)[nH]c6ccccc6n45)c3)nc(-c3ccccc3)c12. The molecule has 0 aliphatic heterocycles. The average molecular weight is 597 g/mol. The highest BCUT2D eigenvalue weighted by atomic mass is 16.1. The molecule has 0 fully saturated rings. The molecule has 8 heteroatoms. The summed E-state index contributed by atoms with van der Waals surface area (Å²) in [6.07, 6.45) is 0. The number of hydrogen-bond acceptors (Lipinski definition) is 4. The Morgan fingerprint density at radius 3 is 1.28 bits per heavy atom. The van der Waals surface area contributed by atoms with Crippen LogP contribution >= 0.6 is 0 Å². The highest BCUT2D eigenvalue weighted by molar-refractivity contribution is 5.91. The molecule has 5 aromatic carbocycles. The molecule has 0 saturated heterocycles. The molecule has 9 aromatic rings. The van der Waals surface area contributed by atoms with E-state index in [1.807, 2.05) is 142 Å². The van der Waals surface area contributed by atoms with E-state index in [-0.39, 0.29) is 11.1 Å². The van der Waals surface area contributed by atoms with Crippen LogP contribution in [0.3, 0.4) is 0 Å². The van der Waals surface area contributed by atoms with Gasteiger partial charge in [0.2, 0.25) is 0 Å². The van der Waals surface area contributed by atoms with Gasteiger partial charge >= 0.3 is 0 Å². The largest absolute Gasteiger partial charge is 0.319 e. The minimum atomic E-state index is -0.218. The van der Waals surface area contributed by atoms with Crippen molar-refractivity contribution in [1.82, 2.24) is 28.7 Å². The lowest BCUT2D eigenvalue weighted by atomic mass is 10.1. The summed E-state index contributed by atoms with van der Waals surface area (Å²) in [4.78, 5) is 43.5. The van der Waals surface area contributed by atoms with Crippen LogP contribution in [-0.4, -0.2) is 28.7 Å². The van der Waals surface area contributed by atoms with Gasteiger partial charge in [-0.1, -0.05) is 103 Å². The number of H-pyrrole nitrogens is 2. The van der Waals surface area contributed by atoms with Gasteiger partial charge in [-0.2, -0.15) is 0 Å². The van der Waals surface area contributed by atoms with Crippen molar-refractivity contribution in [3.63, 3.8) is 0 Å². The molecular weight excluding hydrogens is 572 g/mol. The van der Waals surface area contributed by atoms with Gasteiger partial charge in [-0.15, -0.1) is 0 Å². The van der Waals surface area contributed by atoms with E-state index in [0.717, 1.165) is 33.3 Å². The van der Waals surface area contributed by atoms with Crippen molar-refractivity contribution in [2.45, 2.75) is 0 Å². The van der Waals surface area contributed by atoms with Crippen LogP contribution in [0, 0.1) is 0 Å². The van der Waals surface area contributed by atoms with Crippen molar-refractivity contribution in [1.29, 1.82) is 0 Å². The molecule has 46 heavy (non-hydrogen) atoms. The van der Waals surface area contributed by atoms with Crippen LogP contribution in [0.25, 0.3) is 78.4 Å². The fourth-order valence-electron chi connectivity index (χ4n) is 6.42. The topological polar surface area (TPSA) is 100 Å². The van der Waals surface area contributed by atoms with Crippen molar-refractivity contribution in [2.24, 2.45) is 0 Å². The summed E-state index contributed by atoms with van der Waals surface area (Å²) in [5.74, 6) is 1.26. The van der Waals surface area contributed by atoms with Crippen molar-refractivity contribution < 1.29 is 0 Å². The Kier molecular flexibility index (Phi) is 5.63. The summed E-state index contributed by atoms with van der Waals surface area (Å²) in [6, 6.07) is 42.9. The predicted molar refractivity (Wildman–Crippen MR) is 182 cm³/mol.